The first-order valence-electron chi connectivity index (χ1n) is 9.51. The SMILES string of the molecule is CN=C(NCCC(C)C)N1CCN(C(C)C(=O)N2CCCC2)CC1.I. The summed E-state index contributed by atoms with van der Waals surface area (Å²) in [4.78, 5) is 23.6. The fraction of sp³-hybridized carbons (Fsp3) is 0.889. The highest BCUT2D eigenvalue weighted by molar-refractivity contribution is 14.0. The Morgan fingerprint density at radius 3 is 2.12 bits per heavy atom. The summed E-state index contributed by atoms with van der Waals surface area (Å²) in [5.41, 5.74) is 0. The molecular weight excluding hydrogens is 429 g/mol. The van der Waals surface area contributed by atoms with Crippen molar-refractivity contribution in [2.24, 2.45) is 10.9 Å². The Bertz CT molecular complexity index is 429. The van der Waals surface area contributed by atoms with E-state index in [-0.39, 0.29) is 30.0 Å². The van der Waals surface area contributed by atoms with E-state index >= 15 is 0 Å². The molecule has 146 valence electrons. The number of guanidine groups is 1. The van der Waals surface area contributed by atoms with E-state index in [0.717, 1.165) is 71.0 Å². The number of rotatable bonds is 5. The largest absolute Gasteiger partial charge is 0.356 e. The molecule has 2 heterocycles. The van der Waals surface area contributed by atoms with Gasteiger partial charge in [0.05, 0.1) is 6.04 Å². The molecule has 1 atom stereocenters. The van der Waals surface area contributed by atoms with Gasteiger partial charge in [0.25, 0.3) is 0 Å². The predicted molar refractivity (Wildman–Crippen MR) is 115 cm³/mol. The van der Waals surface area contributed by atoms with Gasteiger partial charge in [-0.1, -0.05) is 13.8 Å². The van der Waals surface area contributed by atoms with Crippen molar-refractivity contribution in [1.82, 2.24) is 20.0 Å². The van der Waals surface area contributed by atoms with Crippen LogP contribution in [0.1, 0.15) is 40.0 Å². The summed E-state index contributed by atoms with van der Waals surface area (Å²) in [6.45, 7) is 13.1. The molecule has 1 unspecified atom stereocenters. The van der Waals surface area contributed by atoms with E-state index in [1.807, 2.05) is 11.9 Å². The zero-order valence-corrected chi connectivity index (χ0v) is 18.7. The standard InChI is InChI=1S/C18H35N5O.HI/c1-15(2)7-8-20-18(19-4)23-13-11-21(12-14-23)16(3)17(24)22-9-5-6-10-22;/h15-16H,5-14H2,1-4H3,(H,19,20);1H. The lowest BCUT2D eigenvalue weighted by atomic mass is 10.1. The lowest BCUT2D eigenvalue weighted by Gasteiger charge is -2.39. The van der Waals surface area contributed by atoms with Crippen LogP contribution in [0.4, 0.5) is 0 Å². The third kappa shape index (κ3) is 6.58. The number of piperazine rings is 1. The van der Waals surface area contributed by atoms with Crippen molar-refractivity contribution in [3.8, 4) is 0 Å². The summed E-state index contributed by atoms with van der Waals surface area (Å²) in [6.07, 6.45) is 3.47. The van der Waals surface area contributed by atoms with Crippen molar-refractivity contribution >= 4 is 35.8 Å². The maximum Gasteiger partial charge on any atom is 0.239 e. The number of nitrogens with one attached hydrogen (secondary N) is 1. The molecule has 0 spiro atoms. The highest BCUT2D eigenvalue weighted by Gasteiger charge is 2.30. The topological polar surface area (TPSA) is 51.2 Å². The minimum Gasteiger partial charge on any atom is -0.356 e. The molecular formula is C18H36IN5O. The summed E-state index contributed by atoms with van der Waals surface area (Å²) in [6, 6.07) is 0.00108. The summed E-state index contributed by atoms with van der Waals surface area (Å²) in [5.74, 6) is 2.00. The van der Waals surface area contributed by atoms with Gasteiger partial charge < -0.3 is 15.1 Å². The number of carbonyl (C=O) groups is 1. The van der Waals surface area contributed by atoms with E-state index in [9.17, 15) is 4.79 Å². The van der Waals surface area contributed by atoms with E-state index in [0.29, 0.717) is 11.8 Å². The van der Waals surface area contributed by atoms with Crippen molar-refractivity contribution in [2.75, 3.05) is 52.9 Å². The van der Waals surface area contributed by atoms with Crippen molar-refractivity contribution in [3.63, 3.8) is 0 Å². The van der Waals surface area contributed by atoms with E-state index in [2.05, 4.69) is 40.9 Å². The molecule has 2 aliphatic rings. The van der Waals surface area contributed by atoms with Crippen LogP contribution in [0.2, 0.25) is 0 Å². The summed E-state index contributed by atoms with van der Waals surface area (Å²) >= 11 is 0. The third-order valence-corrected chi connectivity index (χ3v) is 5.15. The monoisotopic (exact) mass is 465 g/mol. The van der Waals surface area contributed by atoms with Gasteiger partial charge >= 0.3 is 0 Å². The molecule has 0 aromatic rings. The van der Waals surface area contributed by atoms with Gasteiger partial charge in [0, 0.05) is 52.9 Å². The Morgan fingerprint density at radius 2 is 1.60 bits per heavy atom. The summed E-state index contributed by atoms with van der Waals surface area (Å²) in [7, 11) is 1.85. The van der Waals surface area contributed by atoms with Gasteiger partial charge in [0.15, 0.2) is 5.96 Å². The van der Waals surface area contributed by atoms with E-state index in [1.165, 1.54) is 0 Å². The maximum atomic E-state index is 12.6. The van der Waals surface area contributed by atoms with Crippen LogP contribution in [-0.2, 0) is 4.79 Å². The number of halogens is 1. The molecule has 0 bridgehead atoms. The molecule has 2 fully saturated rings. The smallest absolute Gasteiger partial charge is 0.239 e. The van der Waals surface area contributed by atoms with Crippen LogP contribution in [0, 0.1) is 5.92 Å². The quantitative estimate of drug-likeness (QED) is 0.383. The summed E-state index contributed by atoms with van der Waals surface area (Å²) in [5, 5.41) is 3.46. The van der Waals surface area contributed by atoms with Gasteiger partial charge in [-0.05, 0) is 32.1 Å². The lowest BCUT2D eigenvalue weighted by Crippen LogP contribution is -2.57. The Kier molecular flexibility index (Phi) is 10.1. The number of hydrogen-bond donors (Lipinski definition) is 1. The minimum atomic E-state index is 0. The number of amides is 1. The average Bonchev–Trinajstić information content (AvgIpc) is 3.12. The molecule has 0 aliphatic carbocycles. The fourth-order valence-corrected chi connectivity index (χ4v) is 3.48. The van der Waals surface area contributed by atoms with Crippen LogP contribution in [0.3, 0.4) is 0 Å². The third-order valence-electron chi connectivity index (χ3n) is 5.15. The molecule has 0 radical (unpaired) electrons. The van der Waals surface area contributed by atoms with Crippen LogP contribution in [0.25, 0.3) is 0 Å². The number of nitrogens with zero attached hydrogens (tertiary/aromatic N) is 4. The molecule has 2 aliphatic heterocycles. The van der Waals surface area contributed by atoms with E-state index in [4.69, 9.17) is 0 Å². The van der Waals surface area contributed by atoms with Crippen LogP contribution in [0.5, 0.6) is 0 Å². The molecule has 6 nitrogen and oxygen atoms in total. The van der Waals surface area contributed by atoms with Crippen molar-refractivity contribution in [3.05, 3.63) is 0 Å². The maximum absolute atomic E-state index is 12.6. The van der Waals surface area contributed by atoms with Gasteiger partial charge in [0.1, 0.15) is 0 Å². The van der Waals surface area contributed by atoms with Crippen LogP contribution in [-0.4, -0.2) is 85.5 Å². The number of hydrogen-bond acceptors (Lipinski definition) is 3. The van der Waals surface area contributed by atoms with E-state index < -0.39 is 0 Å². The van der Waals surface area contributed by atoms with Crippen LogP contribution >= 0.6 is 24.0 Å². The number of aliphatic imine (C=N–C) groups is 1. The minimum absolute atomic E-state index is 0. The van der Waals surface area contributed by atoms with Crippen LogP contribution < -0.4 is 5.32 Å². The van der Waals surface area contributed by atoms with Crippen LogP contribution in [0.15, 0.2) is 4.99 Å². The molecule has 1 N–H and O–H groups in total. The predicted octanol–water partition coefficient (Wildman–Crippen LogP) is 1.85. The Balaban J connectivity index is 0.00000312. The number of carbonyl (C=O) groups excluding carboxylic acids is 1. The van der Waals surface area contributed by atoms with Gasteiger partial charge in [-0.2, -0.15) is 0 Å². The first kappa shape index (κ1) is 22.5. The van der Waals surface area contributed by atoms with Crippen molar-refractivity contribution in [1.29, 1.82) is 0 Å². The Hall–Kier alpha value is -0.570. The van der Waals surface area contributed by atoms with Gasteiger partial charge in [-0.25, -0.2) is 0 Å². The second-order valence-corrected chi connectivity index (χ2v) is 7.39. The summed E-state index contributed by atoms with van der Waals surface area (Å²) < 4.78 is 0. The molecule has 25 heavy (non-hydrogen) atoms. The first-order valence-corrected chi connectivity index (χ1v) is 9.51. The molecule has 2 rings (SSSR count). The molecule has 1 amide bonds. The van der Waals surface area contributed by atoms with E-state index in [1.54, 1.807) is 0 Å². The fourth-order valence-electron chi connectivity index (χ4n) is 3.48. The van der Waals surface area contributed by atoms with Gasteiger partial charge in [-0.15, -0.1) is 24.0 Å². The highest BCUT2D eigenvalue weighted by Crippen LogP contribution is 2.14. The van der Waals surface area contributed by atoms with Crippen molar-refractivity contribution < 1.29 is 4.79 Å². The van der Waals surface area contributed by atoms with Crippen molar-refractivity contribution in [2.45, 2.75) is 46.1 Å². The normalized spacial score (nSPS) is 20.6. The van der Waals surface area contributed by atoms with Gasteiger partial charge in [-0.3, -0.25) is 14.7 Å². The molecule has 0 saturated carbocycles. The van der Waals surface area contributed by atoms with Gasteiger partial charge in [0.2, 0.25) is 5.91 Å². The highest BCUT2D eigenvalue weighted by atomic mass is 127. The first-order chi connectivity index (χ1) is 11.5. The molecule has 2 saturated heterocycles. The average molecular weight is 465 g/mol. The zero-order chi connectivity index (χ0) is 17.5. The Morgan fingerprint density at radius 1 is 1.00 bits per heavy atom. The Labute approximate surface area is 170 Å². The molecule has 7 heteroatoms. The second kappa shape index (κ2) is 11.2. The lowest BCUT2D eigenvalue weighted by molar-refractivity contribution is -0.135. The zero-order valence-electron chi connectivity index (χ0n) is 16.3. The molecule has 0 aromatic heterocycles. The molecule has 0 aromatic carbocycles. The number of likely N-dealkylation sites (tertiary alicyclic amines) is 1. The second-order valence-electron chi connectivity index (χ2n) is 7.39.